The fourth-order valence-electron chi connectivity index (χ4n) is 2.89. The number of halogens is 8. The molecule has 0 aliphatic carbocycles. The Morgan fingerprint density at radius 1 is 1.19 bits per heavy atom. The average Bonchev–Trinajstić information content (AvgIpc) is 2.66. The summed E-state index contributed by atoms with van der Waals surface area (Å²) in [6.07, 6.45) is -8.29. The summed E-state index contributed by atoms with van der Waals surface area (Å²) in [7, 11) is 1.36. The third-order valence-corrected chi connectivity index (χ3v) is 4.55. The molecule has 0 bridgehead atoms. The Bertz CT molecular complexity index is 903. The summed E-state index contributed by atoms with van der Waals surface area (Å²) in [6.45, 7) is 1.61. The van der Waals surface area contributed by atoms with E-state index >= 15 is 0 Å². The Labute approximate surface area is 171 Å². The molecule has 0 fully saturated rings. The van der Waals surface area contributed by atoms with Crippen LogP contribution in [0.25, 0.3) is 0 Å². The number of pyridine rings is 1. The number of allylic oxidation sites excluding steroid dienone is 2. The van der Waals surface area contributed by atoms with Crippen molar-refractivity contribution in [1.29, 1.82) is 0 Å². The first-order valence-corrected chi connectivity index (χ1v) is 8.94. The zero-order chi connectivity index (χ0) is 23.6. The van der Waals surface area contributed by atoms with E-state index in [9.17, 15) is 40.2 Å². The topological polar surface area (TPSA) is 72.4 Å². The van der Waals surface area contributed by atoms with Gasteiger partial charge in [-0.3, -0.25) is 5.32 Å². The van der Waals surface area contributed by atoms with Crippen LogP contribution in [0, 0.1) is 0 Å². The Kier molecular flexibility index (Phi) is 6.86. The molecule has 0 saturated heterocycles. The molecule has 5 N–H and O–H groups in total. The zero-order valence-electron chi connectivity index (χ0n) is 16.3. The van der Waals surface area contributed by atoms with E-state index in [1.54, 1.807) is 6.92 Å². The van der Waals surface area contributed by atoms with Crippen molar-refractivity contribution in [3.05, 3.63) is 41.2 Å². The maximum atomic E-state index is 13.6. The van der Waals surface area contributed by atoms with Gasteiger partial charge in [0.15, 0.2) is 0 Å². The molecule has 13 heteroatoms. The highest BCUT2D eigenvalue weighted by atomic mass is 19.4. The van der Waals surface area contributed by atoms with Crippen molar-refractivity contribution < 1.29 is 50.2 Å². The number of aliphatic hydroxyl groups excluding tert-OH is 1. The first-order valence-electron chi connectivity index (χ1n) is 8.94. The Morgan fingerprint density at radius 3 is 2.35 bits per heavy atom. The minimum atomic E-state index is -5.83. The van der Waals surface area contributed by atoms with Crippen LogP contribution in [0.1, 0.15) is 25.3 Å². The zero-order valence-corrected chi connectivity index (χ0v) is 16.3. The Morgan fingerprint density at radius 2 is 1.84 bits per heavy atom. The summed E-state index contributed by atoms with van der Waals surface area (Å²) in [5.74, 6) is -5.71. The molecule has 0 amide bonds. The van der Waals surface area contributed by atoms with E-state index < -0.39 is 41.4 Å². The summed E-state index contributed by atoms with van der Waals surface area (Å²) in [6, 6.07) is -0.233. The molecule has 1 unspecified atom stereocenters. The van der Waals surface area contributed by atoms with E-state index in [0.29, 0.717) is 17.8 Å². The number of aromatic nitrogens is 1. The summed E-state index contributed by atoms with van der Waals surface area (Å²) in [4.78, 5) is 4.57. The van der Waals surface area contributed by atoms with Crippen molar-refractivity contribution in [2.75, 3.05) is 12.4 Å². The van der Waals surface area contributed by atoms with Crippen LogP contribution >= 0.6 is 0 Å². The van der Waals surface area contributed by atoms with E-state index in [-0.39, 0.29) is 24.3 Å². The number of alkyl halides is 8. The van der Waals surface area contributed by atoms with E-state index in [4.69, 9.17) is 0 Å². The number of aliphatic hydroxyl groups is 1. The van der Waals surface area contributed by atoms with Crippen LogP contribution in [-0.4, -0.2) is 36.4 Å². The summed E-state index contributed by atoms with van der Waals surface area (Å²) in [5, 5.41) is 15.3. The van der Waals surface area contributed by atoms with Crippen molar-refractivity contribution in [3.63, 3.8) is 0 Å². The maximum absolute atomic E-state index is 13.6. The number of rotatable bonds is 6. The number of hydrogen-bond donors (Lipinski definition) is 4. The van der Waals surface area contributed by atoms with Gasteiger partial charge < -0.3 is 10.4 Å². The smallest absolute Gasteiger partial charge is 0.458 e. The Hall–Kier alpha value is -2.86. The molecule has 1 aromatic heterocycles. The van der Waals surface area contributed by atoms with Crippen molar-refractivity contribution in [2.24, 2.45) is 0 Å². The Balaban J connectivity index is 2.32. The van der Waals surface area contributed by atoms with Crippen LogP contribution < -0.4 is 20.6 Å². The molecule has 5 nitrogen and oxygen atoms in total. The molecular weight excluding hydrogens is 440 g/mol. The SMILES string of the molecule is CCC1=CC(C(F)(F)F)=CNC1CC(O)=[NH+]c1cc(C(F)(F)C(F)(F)F)c[nH+]c1NC. The first kappa shape index (κ1) is 24.4. The van der Waals surface area contributed by atoms with Gasteiger partial charge in [0.05, 0.1) is 36.8 Å². The van der Waals surface area contributed by atoms with Gasteiger partial charge in [-0.2, -0.15) is 40.1 Å². The van der Waals surface area contributed by atoms with Crippen molar-refractivity contribution in [3.8, 4) is 0 Å². The largest absolute Gasteiger partial charge is 0.463 e. The van der Waals surface area contributed by atoms with Crippen molar-refractivity contribution in [1.82, 2.24) is 5.32 Å². The molecule has 1 atom stereocenters. The second-order valence-electron chi connectivity index (χ2n) is 6.66. The summed E-state index contributed by atoms with van der Waals surface area (Å²) < 4.78 is 104. The second-order valence-corrected chi connectivity index (χ2v) is 6.66. The summed E-state index contributed by atoms with van der Waals surface area (Å²) in [5.41, 5.74) is -2.29. The number of hydrogen-bond acceptors (Lipinski definition) is 2. The van der Waals surface area contributed by atoms with Crippen molar-refractivity contribution >= 4 is 17.4 Å². The minimum absolute atomic E-state index is 0.00427. The standard InChI is InChI=1S/C18H18F8N4O/c1-3-9-4-11(17(21,22)23)8-28-12(9)6-14(31)30-13-5-10(7-29-15(13)27-2)16(19,20)18(24,25)26/h4-5,7-8,12,28H,3,6H2,1-2H3,(H,27,29)(H,30,31)/p+2. The lowest BCUT2D eigenvalue weighted by atomic mass is 9.96. The molecule has 1 aromatic rings. The maximum Gasteiger partial charge on any atom is 0.458 e. The number of dihydropyridines is 1. The lowest BCUT2D eigenvalue weighted by Gasteiger charge is -2.24. The lowest BCUT2D eigenvalue weighted by Crippen LogP contribution is -2.68. The van der Waals surface area contributed by atoms with Gasteiger partial charge in [-0.05, 0) is 18.1 Å². The molecule has 1 aliphatic rings. The van der Waals surface area contributed by atoms with Crippen LogP contribution in [0.2, 0.25) is 0 Å². The molecular formula is C18H20F8N4O+2. The molecule has 1 aliphatic heterocycles. The fourth-order valence-corrected chi connectivity index (χ4v) is 2.89. The third-order valence-electron chi connectivity index (χ3n) is 4.55. The molecule has 0 radical (unpaired) electrons. The number of anilines is 1. The minimum Gasteiger partial charge on any atom is -0.463 e. The lowest BCUT2D eigenvalue weighted by molar-refractivity contribution is -0.403. The number of H-pyrrole nitrogens is 1. The van der Waals surface area contributed by atoms with Crippen LogP contribution in [0.4, 0.5) is 46.6 Å². The van der Waals surface area contributed by atoms with Gasteiger partial charge >= 0.3 is 30.0 Å². The van der Waals surface area contributed by atoms with Gasteiger partial charge in [0.2, 0.25) is 0 Å². The first-order chi connectivity index (χ1) is 14.2. The van der Waals surface area contributed by atoms with Crippen LogP contribution in [0.15, 0.2) is 35.7 Å². The quantitative estimate of drug-likeness (QED) is 0.300. The normalized spacial score (nSPS) is 18.3. The van der Waals surface area contributed by atoms with Crippen LogP contribution in [-0.2, 0) is 5.92 Å². The van der Waals surface area contributed by atoms with Gasteiger partial charge in [0.1, 0.15) is 0 Å². The van der Waals surface area contributed by atoms with E-state index in [2.05, 4.69) is 20.6 Å². The molecule has 0 saturated carbocycles. The van der Waals surface area contributed by atoms with Gasteiger partial charge in [-0.1, -0.05) is 6.92 Å². The predicted octanol–water partition coefficient (Wildman–Crippen LogP) is 3.01. The molecule has 31 heavy (non-hydrogen) atoms. The van der Waals surface area contributed by atoms with Gasteiger partial charge in [0, 0.05) is 12.3 Å². The number of nitrogens with one attached hydrogen (secondary N) is 4. The van der Waals surface area contributed by atoms with E-state index in [1.807, 2.05) is 0 Å². The highest BCUT2D eigenvalue weighted by molar-refractivity contribution is 5.71. The van der Waals surface area contributed by atoms with Gasteiger partial charge in [-0.15, -0.1) is 0 Å². The van der Waals surface area contributed by atoms with Crippen molar-refractivity contribution in [2.45, 2.75) is 44.1 Å². The second kappa shape index (κ2) is 8.71. The summed E-state index contributed by atoms with van der Waals surface area (Å²) >= 11 is 0. The average molecular weight is 460 g/mol. The predicted molar refractivity (Wildman–Crippen MR) is 94.8 cm³/mol. The highest BCUT2D eigenvalue weighted by Gasteiger charge is 2.59. The number of aromatic amines is 1. The monoisotopic (exact) mass is 460 g/mol. The van der Waals surface area contributed by atoms with E-state index in [1.165, 1.54) is 7.05 Å². The molecule has 0 spiro atoms. The molecule has 172 valence electrons. The van der Waals surface area contributed by atoms with Gasteiger partial charge in [0.25, 0.3) is 5.69 Å². The highest BCUT2D eigenvalue weighted by Crippen LogP contribution is 2.43. The fraction of sp³-hybridized carbons (Fsp3) is 0.444. The third kappa shape index (κ3) is 5.44. The molecule has 2 heterocycles. The van der Waals surface area contributed by atoms with Gasteiger partial charge in [-0.25, -0.2) is 4.98 Å². The molecule has 0 aromatic carbocycles. The van der Waals surface area contributed by atoms with Crippen LogP contribution in [0.3, 0.4) is 0 Å². The van der Waals surface area contributed by atoms with E-state index in [0.717, 1.165) is 12.3 Å². The molecule has 2 rings (SSSR count). The van der Waals surface area contributed by atoms with Crippen LogP contribution in [0.5, 0.6) is 0 Å².